The Morgan fingerprint density at radius 2 is 1.81 bits per heavy atom. The largest absolute Gasteiger partial charge is 0.496 e. The summed E-state index contributed by atoms with van der Waals surface area (Å²) in [5.41, 5.74) is 0.918. The second-order valence-corrected chi connectivity index (χ2v) is 5.97. The van der Waals surface area contributed by atoms with E-state index in [2.05, 4.69) is 5.32 Å². The number of methoxy groups -OCH3 is 1. The summed E-state index contributed by atoms with van der Waals surface area (Å²) in [5, 5.41) is 2.91. The Morgan fingerprint density at radius 3 is 2.50 bits per heavy atom. The van der Waals surface area contributed by atoms with E-state index in [1.807, 2.05) is 43.1 Å². The molecule has 0 radical (unpaired) electrons. The Labute approximate surface area is 153 Å². The number of carbonyl (C=O) groups excluding carboxylic acids is 1. The fourth-order valence-corrected chi connectivity index (χ4v) is 2.43. The van der Waals surface area contributed by atoms with Crippen molar-refractivity contribution in [2.45, 2.75) is 19.5 Å². The molecule has 2 aromatic carbocycles. The number of ether oxygens (including phenoxy) is 2. The van der Waals surface area contributed by atoms with Gasteiger partial charge in [-0.1, -0.05) is 30.3 Å². The Kier molecular flexibility index (Phi) is 7.41. The summed E-state index contributed by atoms with van der Waals surface area (Å²) in [5.74, 6) is 0.475. The predicted molar refractivity (Wildman–Crippen MR) is 98.8 cm³/mol. The van der Waals surface area contributed by atoms with Crippen LogP contribution in [0.5, 0.6) is 11.5 Å². The first-order valence-electron chi connectivity index (χ1n) is 8.50. The summed E-state index contributed by atoms with van der Waals surface area (Å²) in [6.45, 7) is 3.01. The smallest absolute Gasteiger partial charge is 0.237 e. The molecule has 0 aliphatic heterocycles. The first kappa shape index (κ1) is 19.7. The maximum Gasteiger partial charge on any atom is 0.237 e. The lowest BCUT2D eigenvalue weighted by Gasteiger charge is -2.24. The number of hydrogen-bond acceptors (Lipinski definition) is 4. The SMILES string of the molecule is COc1ccccc1CNC(=O)C(C)N(C)CCOc1ccccc1F. The van der Waals surface area contributed by atoms with E-state index < -0.39 is 5.82 Å². The van der Waals surface area contributed by atoms with Crippen molar-refractivity contribution in [3.8, 4) is 11.5 Å². The molecule has 0 saturated heterocycles. The lowest BCUT2D eigenvalue weighted by molar-refractivity contribution is -0.125. The Morgan fingerprint density at radius 1 is 1.15 bits per heavy atom. The number of halogens is 1. The zero-order valence-electron chi connectivity index (χ0n) is 15.4. The highest BCUT2D eigenvalue weighted by atomic mass is 19.1. The van der Waals surface area contributed by atoms with Crippen LogP contribution in [0.3, 0.4) is 0 Å². The minimum absolute atomic E-state index is 0.0932. The van der Waals surface area contributed by atoms with Crippen LogP contribution in [0, 0.1) is 5.82 Å². The zero-order valence-corrected chi connectivity index (χ0v) is 15.4. The second-order valence-electron chi connectivity index (χ2n) is 5.97. The number of nitrogens with one attached hydrogen (secondary N) is 1. The number of nitrogens with zero attached hydrogens (tertiary/aromatic N) is 1. The van der Waals surface area contributed by atoms with Gasteiger partial charge in [-0.25, -0.2) is 4.39 Å². The van der Waals surface area contributed by atoms with Gasteiger partial charge in [-0.2, -0.15) is 0 Å². The molecule has 0 spiro atoms. The highest BCUT2D eigenvalue weighted by molar-refractivity contribution is 5.81. The molecule has 140 valence electrons. The minimum atomic E-state index is -0.391. The van der Waals surface area contributed by atoms with Gasteiger partial charge in [0.2, 0.25) is 5.91 Å². The van der Waals surface area contributed by atoms with Crippen molar-refractivity contribution in [3.05, 3.63) is 59.9 Å². The molecule has 1 amide bonds. The molecule has 6 heteroatoms. The summed E-state index contributed by atoms with van der Waals surface area (Å²) in [7, 11) is 3.44. The van der Waals surface area contributed by atoms with Crippen molar-refractivity contribution in [2.75, 3.05) is 27.3 Å². The van der Waals surface area contributed by atoms with E-state index >= 15 is 0 Å². The van der Waals surface area contributed by atoms with Gasteiger partial charge in [0.25, 0.3) is 0 Å². The van der Waals surface area contributed by atoms with Gasteiger partial charge in [-0.05, 0) is 32.2 Å². The summed E-state index contributed by atoms with van der Waals surface area (Å²) in [4.78, 5) is 14.2. The van der Waals surface area contributed by atoms with E-state index in [9.17, 15) is 9.18 Å². The number of benzene rings is 2. The van der Waals surface area contributed by atoms with Crippen LogP contribution in [0.15, 0.2) is 48.5 Å². The van der Waals surface area contributed by atoms with Crippen LogP contribution in [0.1, 0.15) is 12.5 Å². The first-order valence-corrected chi connectivity index (χ1v) is 8.50. The third-order valence-corrected chi connectivity index (χ3v) is 4.22. The van der Waals surface area contributed by atoms with E-state index in [1.54, 1.807) is 25.3 Å². The quantitative estimate of drug-likeness (QED) is 0.747. The van der Waals surface area contributed by atoms with E-state index in [1.165, 1.54) is 6.07 Å². The molecule has 1 N–H and O–H groups in total. The lowest BCUT2D eigenvalue weighted by Crippen LogP contribution is -2.44. The van der Waals surface area contributed by atoms with Gasteiger partial charge in [0, 0.05) is 18.7 Å². The van der Waals surface area contributed by atoms with Crippen molar-refractivity contribution in [1.82, 2.24) is 10.2 Å². The molecule has 26 heavy (non-hydrogen) atoms. The number of carbonyl (C=O) groups is 1. The maximum atomic E-state index is 13.5. The third-order valence-electron chi connectivity index (χ3n) is 4.22. The van der Waals surface area contributed by atoms with Crippen LogP contribution in [0.25, 0.3) is 0 Å². The molecule has 1 unspecified atom stereocenters. The van der Waals surface area contributed by atoms with E-state index in [-0.39, 0.29) is 17.7 Å². The fraction of sp³-hybridized carbons (Fsp3) is 0.350. The Hall–Kier alpha value is -2.60. The molecule has 0 aliphatic rings. The summed E-state index contributed by atoms with van der Waals surface area (Å²) < 4.78 is 24.2. The Bertz CT molecular complexity index is 724. The highest BCUT2D eigenvalue weighted by Gasteiger charge is 2.18. The van der Waals surface area contributed by atoms with Gasteiger partial charge in [0.15, 0.2) is 11.6 Å². The predicted octanol–water partition coefficient (Wildman–Crippen LogP) is 2.85. The molecule has 0 fully saturated rings. The van der Waals surface area contributed by atoms with Gasteiger partial charge >= 0.3 is 0 Å². The number of para-hydroxylation sites is 2. The van der Waals surface area contributed by atoms with Gasteiger partial charge in [0.05, 0.1) is 13.2 Å². The van der Waals surface area contributed by atoms with Gasteiger partial charge in [-0.3, -0.25) is 9.69 Å². The maximum absolute atomic E-state index is 13.5. The molecule has 0 saturated carbocycles. The normalized spacial score (nSPS) is 11.9. The summed E-state index contributed by atoms with van der Waals surface area (Å²) in [6.07, 6.45) is 0. The van der Waals surface area contributed by atoms with Crippen LogP contribution in [-0.4, -0.2) is 44.2 Å². The molecule has 2 rings (SSSR count). The van der Waals surface area contributed by atoms with Crippen molar-refractivity contribution in [1.29, 1.82) is 0 Å². The summed E-state index contributed by atoms with van der Waals surface area (Å²) in [6, 6.07) is 13.5. The molecule has 0 heterocycles. The molecule has 0 aromatic heterocycles. The van der Waals surface area contributed by atoms with E-state index in [0.29, 0.717) is 19.7 Å². The van der Waals surface area contributed by atoms with E-state index in [4.69, 9.17) is 9.47 Å². The molecular weight excluding hydrogens is 335 g/mol. The van der Waals surface area contributed by atoms with Crippen LogP contribution in [-0.2, 0) is 11.3 Å². The number of amides is 1. The first-order chi connectivity index (χ1) is 12.5. The minimum Gasteiger partial charge on any atom is -0.496 e. The van der Waals surface area contributed by atoms with Gasteiger partial charge < -0.3 is 14.8 Å². The van der Waals surface area contributed by atoms with Crippen molar-refractivity contribution in [3.63, 3.8) is 0 Å². The molecule has 0 bridgehead atoms. The molecule has 5 nitrogen and oxygen atoms in total. The van der Waals surface area contributed by atoms with E-state index in [0.717, 1.165) is 11.3 Å². The van der Waals surface area contributed by atoms with Crippen LogP contribution in [0.4, 0.5) is 4.39 Å². The van der Waals surface area contributed by atoms with Crippen molar-refractivity contribution in [2.24, 2.45) is 0 Å². The number of rotatable bonds is 9. The van der Waals surface area contributed by atoms with Crippen molar-refractivity contribution < 1.29 is 18.7 Å². The Balaban J connectivity index is 1.78. The number of likely N-dealkylation sites (N-methyl/N-ethyl adjacent to an activating group) is 1. The topological polar surface area (TPSA) is 50.8 Å². The average Bonchev–Trinajstić information content (AvgIpc) is 2.67. The monoisotopic (exact) mass is 360 g/mol. The lowest BCUT2D eigenvalue weighted by atomic mass is 10.2. The molecule has 1 atom stereocenters. The summed E-state index contributed by atoms with van der Waals surface area (Å²) >= 11 is 0. The van der Waals surface area contributed by atoms with Crippen LogP contribution >= 0.6 is 0 Å². The van der Waals surface area contributed by atoms with Gasteiger partial charge in [-0.15, -0.1) is 0 Å². The molecule has 0 aliphatic carbocycles. The van der Waals surface area contributed by atoms with Crippen LogP contribution < -0.4 is 14.8 Å². The molecular formula is C20H25FN2O3. The highest BCUT2D eigenvalue weighted by Crippen LogP contribution is 2.17. The standard InChI is InChI=1S/C20H25FN2O3/c1-15(20(24)22-14-16-8-4-6-10-18(16)25-3)23(2)12-13-26-19-11-7-5-9-17(19)21/h4-11,15H,12-14H2,1-3H3,(H,22,24). The zero-order chi connectivity index (χ0) is 18.9. The molecule has 2 aromatic rings. The number of hydrogen-bond donors (Lipinski definition) is 1. The van der Waals surface area contributed by atoms with Crippen LogP contribution in [0.2, 0.25) is 0 Å². The van der Waals surface area contributed by atoms with Gasteiger partial charge in [0.1, 0.15) is 12.4 Å². The van der Waals surface area contributed by atoms with Crippen molar-refractivity contribution >= 4 is 5.91 Å². The third kappa shape index (κ3) is 5.46. The average molecular weight is 360 g/mol. The second kappa shape index (κ2) is 9.77. The fourth-order valence-electron chi connectivity index (χ4n) is 2.43.